The Hall–Kier alpha value is -2.04. The van der Waals surface area contributed by atoms with E-state index in [1.807, 2.05) is 18.2 Å². The van der Waals surface area contributed by atoms with Crippen LogP contribution in [0.3, 0.4) is 0 Å². The zero-order valence-electron chi connectivity index (χ0n) is 12.8. The first kappa shape index (κ1) is 15.4. The Labute approximate surface area is 125 Å². The molecule has 0 bridgehead atoms. The fourth-order valence-electron chi connectivity index (χ4n) is 2.18. The molecule has 1 aliphatic carbocycles. The summed E-state index contributed by atoms with van der Waals surface area (Å²) in [6, 6.07) is 7.76. The van der Waals surface area contributed by atoms with Crippen LogP contribution in [0.1, 0.15) is 29.3 Å². The molecule has 0 spiro atoms. The summed E-state index contributed by atoms with van der Waals surface area (Å²) in [7, 11) is 3.47. The average molecular weight is 289 g/mol. The third kappa shape index (κ3) is 4.48. The fourth-order valence-corrected chi connectivity index (χ4v) is 2.18. The molecular formula is C16H23N3O2. The summed E-state index contributed by atoms with van der Waals surface area (Å²) < 4.78 is 0. The van der Waals surface area contributed by atoms with Gasteiger partial charge in [0.25, 0.3) is 5.91 Å². The van der Waals surface area contributed by atoms with Gasteiger partial charge in [-0.1, -0.05) is 19.1 Å². The summed E-state index contributed by atoms with van der Waals surface area (Å²) in [6.07, 6.45) is 1.78. The van der Waals surface area contributed by atoms with Gasteiger partial charge < -0.3 is 15.5 Å². The standard InChI is InChI=1S/C16H23N3O2/c1-11-9-14(11)18-16(21)17-8-7-12-5-4-6-13(10-12)15(20)19(2)3/h4-6,10-11,14H,7-9H2,1-3H3,(H2,17,18,21). The maximum atomic E-state index is 11.9. The van der Waals surface area contributed by atoms with E-state index in [0.717, 1.165) is 12.0 Å². The van der Waals surface area contributed by atoms with E-state index in [-0.39, 0.29) is 11.9 Å². The second-order valence-corrected chi connectivity index (χ2v) is 5.87. The number of hydrogen-bond acceptors (Lipinski definition) is 2. The van der Waals surface area contributed by atoms with Gasteiger partial charge in [-0.3, -0.25) is 4.79 Å². The van der Waals surface area contributed by atoms with Crippen LogP contribution in [0.5, 0.6) is 0 Å². The number of benzene rings is 1. The lowest BCUT2D eigenvalue weighted by Gasteiger charge is -2.11. The van der Waals surface area contributed by atoms with Crippen LogP contribution in [-0.4, -0.2) is 43.5 Å². The van der Waals surface area contributed by atoms with Crippen LogP contribution < -0.4 is 10.6 Å². The number of nitrogens with one attached hydrogen (secondary N) is 2. The third-order valence-electron chi connectivity index (χ3n) is 3.71. The van der Waals surface area contributed by atoms with Crippen LogP contribution in [-0.2, 0) is 6.42 Å². The Morgan fingerprint density at radius 1 is 1.33 bits per heavy atom. The zero-order valence-corrected chi connectivity index (χ0v) is 12.8. The molecule has 2 rings (SSSR count). The lowest BCUT2D eigenvalue weighted by molar-refractivity contribution is 0.0827. The molecule has 1 aromatic carbocycles. The SMILES string of the molecule is CC1CC1NC(=O)NCCc1cccc(C(=O)N(C)C)c1. The van der Waals surface area contributed by atoms with E-state index in [1.165, 1.54) is 0 Å². The van der Waals surface area contributed by atoms with E-state index in [4.69, 9.17) is 0 Å². The molecule has 3 amide bonds. The first-order chi connectivity index (χ1) is 9.97. The molecule has 5 heteroatoms. The van der Waals surface area contributed by atoms with Gasteiger partial charge in [0.05, 0.1) is 0 Å². The minimum absolute atomic E-state index is 0.00901. The lowest BCUT2D eigenvalue weighted by atomic mass is 10.1. The van der Waals surface area contributed by atoms with Crippen LogP contribution in [0.4, 0.5) is 4.79 Å². The molecule has 5 nitrogen and oxygen atoms in total. The number of nitrogens with zero attached hydrogens (tertiary/aromatic N) is 1. The number of rotatable bonds is 5. The topological polar surface area (TPSA) is 61.4 Å². The molecule has 114 valence electrons. The highest BCUT2D eigenvalue weighted by atomic mass is 16.2. The van der Waals surface area contributed by atoms with Gasteiger partial charge in [0.2, 0.25) is 0 Å². The van der Waals surface area contributed by atoms with Gasteiger partial charge in [-0.2, -0.15) is 0 Å². The van der Waals surface area contributed by atoms with Crippen LogP contribution in [0.25, 0.3) is 0 Å². The van der Waals surface area contributed by atoms with Gasteiger partial charge in [-0.25, -0.2) is 4.79 Å². The smallest absolute Gasteiger partial charge is 0.315 e. The van der Waals surface area contributed by atoms with Crippen LogP contribution in [0.15, 0.2) is 24.3 Å². The van der Waals surface area contributed by atoms with E-state index in [9.17, 15) is 9.59 Å². The maximum absolute atomic E-state index is 11.9. The predicted octanol–water partition coefficient (Wildman–Crippen LogP) is 1.64. The van der Waals surface area contributed by atoms with Gasteiger partial charge in [0, 0.05) is 32.2 Å². The van der Waals surface area contributed by atoms with Crippen molar-refractivity contribution in [1.29, 1.82) is 0 Å². The third-order valence-corrected chi connectivity index (χ3v) is 3.71. The molecule has 1 aromatic rings. The summed E-state index contributed by atoms with van der Waals surface area (Å²) in [5.74, 6) is 0.592. The molecule has 2 N–H and O–H groups in total. The highest BCUT2D eigenvalue weighted by molar-refractivity contribution is 5.94. The molecule has 0 aromatic heterocycles. The maximum Gasteiger partial charge on any atom is 0.315 e. The molecule has 1 fully saturated rings. The Morgan fingerprint density at radius 2 is 2.05 bits per heavy atom. The summed E-state index contributed by atoms with van der Waals surface area (Å²) >= 11 is 0. The van der Waals surface area contributed by atoms with Crippen molar-refractivity contribution in [1.82, 2.24) is 15.5 Å². The summed E-state index contributed by atoms with van der Waals surface area (Å²) in [5.41, 5.74) is 1.72. The molecule has 0 heterocycles. The minimum Gasteiger partial charge on any atom is -0.345 e. The molecule has 2 atom stereocenters. The normalized spacial score (nSPS) is 19.8. The fraction of sp³-hybridized carbons (Fsp3) is 0.500. The Balaban J connectivity index is 1.79. The Bertz CT molecular complexity index is 528. The molecule has 21 heavy (non-hydrogen) atoms. The highest BCUT2D eigenvalue weighted by Gasteiger charge is 2.33. The van der Waals surface area contributed by atoms with Crippen molar-refractivity contribution < 1.29 is 9.59 Å². The van der Waals surface area contributed by atoms with Crippen LogP contribution >= 0.6 is 0 Å². The van der Waals surface area contributed by atoms with Gasteiger partial charge in [-0.15, -0.1) is 0 Å². The van der Waals surface area contributed by atoms with Crippen LogP contribution in [0, 0.1) is 5.92 Å². The quantitative estimate of drug-likeness (QED) is 0.865. The van der Waals surface area contributed by atoms with Crippen molar-refractivity contribution in [3.8, 4) is 0 Å². The molecule has 0 aliphatic heterocycles. The number of urea groups is 1. The predicted molar refractivity (Wildman–Crippen MR) is 82.3 cm³/mol. The van der Waals surface area contributed by atoms with E-state index in [2.05, 4.69) is 17.6 Å². The minimum atomic E-state index is -0.107. The molecule has 1 aliphatic rings. The Kier molecular flexibility index (Phi) is 4.83. The van der Waals surface area contributed by atoms with Crippen molar-refractivity contribution in [2.45, 2.75) is 25.8 Å². The molecular weight excluding hydrogens is 266 g/mol. The first-order valence-corrected chi connectivity index (χ1v) is 7.32. The van der Waals surface area contributed by atoms with Gasteiger partial charge in [-0.05, 0) is 36.5 Å². The summed E-state index contributed by atoms with van der Waals surface area (Å²) in [6.45, 7) is 2.69. The molecule has 2 unspecified atom stereocenters. The van der Waals surface area contributed by atoms with Crippen molar-refractivity contribution in [2.75, 3.05) is 20.6 Å². The van der Waals surface area contributed by atoms with E-state index >= 15 is 0 Å². The molecule has 1 saturated carbocycles. The van der Waals surface area contributed by atoms with Gasteiger partial charge in [0.15, 0.2) is 0 Å². The van der Waals surface area contributed by atoms with E-state index < -0.39 is 0 Å². The van der Waals surface area contributed by atoms with Crippen molar-refractivity contribution in [3.05, 3.63) is 35.4 Å². The number of carbonyl (C=O) groups is 2. The average Bonchev–Trinajstić information content (AvgIpc) is 3.13. The summed E-state index contributed by atoms with van der Waals surface area (Å²) in [4.78, 5) is 25.1. The van der Waals surface area contributed by atoms with E-state index in [0.29, 0.717) is 30.5 Å². The summed E-state index contributed by atoms with van der Waals surface area (Å²) in [5, 5.41) is 5.77. The van der Waals surface area contributed by atoms with Crippen molar-refractivity contribution >= 4 is 11.9 Å². The highest BCUT2D eigenvalue weighted by Crippen LogP contribution is 2.28. The second kappa shape index (κ2) is 6.61. The van der Waals surface area contributed by atoms with Gasteiger partial charge >= 0.3 is 6.03 Å². The number of hydrogen-bond donors (Lipinski definition) is 2. The number of carbonyl (C=O) groups excluding carboxylic acids is 2. The molecule has 0 radical (unpaired) electrons. The molecule has 0 saturated heterocycles. The van der Waals surface area contributed by atoms with Crippen LogP contribution in [0.2, 0.25) is 0 Å². The lowest BCUT2D eigenvalue weighted by Crippen LogP contribution is -2.38. The van der Waals surface area contributed by atoms with E-state index in [1.54, 1.807) is 25.1 Å². The second-order valence-electron chi connectivity index (χ2n) is 5.87. The zero-order chi connectivity index (χ0) is 15.4. The number of amides is 3. The Morgan fingerprint density at radius 3 is 2.67 bits per heavy atom. The van der Waals surface area contributed by atoms with Gasteiger partial charge in [0.1, 0.15) is 0 Å². The largest absolute Gasteiger partial charge is 0.345 e. The van der Waals surface area contributed by atoms with Crippen molar-refractivity contribution in [2.24, 2.45) is 5.92 Å². The first-order valence-electron chi connectivity index (χ1n) is 7.32. The van der Waals surface area contributed by atoms with Crippen molar-refractivity contribution in [3.63, 3.8) is 0 Å². The monoisotopic (exact) mass is 289 g/mol.